The van der Waals surface area contributed by atoms with E-state index in [1.165, 1.54) is 23.0 Å². The zero-order valence-electron chi connectivity index (χ0n) is 24.3. The Hall–Kier alpha value is -3.72. The number of amides is 3. The van der Waals surface area contributed by atoms with E-state index in [9.17, 15) is 40.7 Å². The second-order valence-electron chi connectivity index (χ2n) is 10.6. The molecule has 0 aromatic heterocycles. The molecule has 8 nitrogen and oxygen atoms in total. The summed E-state index contributed by atoms with van der Waals surface area (Å²) in [6.45, 7) is 1.79. The smallest absolute Gasteiger partial charge is 0.382 e. The first kappa shape index (κ1) is 34.2. The van der Waals surface area contributed by atoms with Crippen LogP contribution >= 0.6 is 11.8 Å². The van der Waals surface area contributed by atoms with Crippen molar-refractivity contribution in [2.75, 3.05) is 58.3 Å². The molecule has 244 valence electrons. The molecule has 1 N–H and O–H groups in total. The van der Waals surface area contributed by atoms with Crippen molar-refractivity contribution in [2.45, 2.75) is 41.0 Å². The average Bonchev–Trinajstić information content (AvgIpc) is 2.99. The number of methoxy groups -OCH3 is 1. The topological polar surface area (TPSA) is 82.2 Å². The number of halogens is 6. The lowest BCUT2D eigenvalue weighted by molar-refractivity contribution is -0.163. The molecular weight excluding hydrogens is 626 g/mol. The number of hydrogen-bond donors (Lipinski definition) is 1. The molecule has 2 aliphatic heterocycles. The molecule has 0 aliphatic carbocycles. The first-order valence-electron chi connectivity index (χ1n) is 14.1. The number of likely N-dealkylation sites (tertiary alicyclic amines) is 1. The van der Waals surface area contributed by atoms with E-state index < -0.39 is 39.8 Å². The van der Waals surface area contributed by atoms with Crippen molar-refractivity contribution in [3.63, 3.8) is 0 Å². The Kier molecular flexibility index (Phi) is 11.1. The fourth-order valence-electron chi connectivity index (χ4n) is 5.22. The number of alkyl halides is 6. The summed E-state index contributed by atoms with van der Waals surface area (Å²) in [5, 5.41) is 3.30. The van der Waals surface area contributed by atoms with Crippen molar-refractivity contribution < 1.29 is 45.5 Å². The molecule has 2 fully saturated rings. The minimum absolute atomic E-state index is 0.0102. The first-order chi connectivity index (χ1) is 21.3. The van der Waals surface area contributed by atoms with Crippen LogP contribution in [0.5, 0.6) is 0 Å². The Labute approximate surface area is 260 Å². The molecule has 15 heteroatoms. The number of carbonyl (C=O) groups is 3. The van der Waals surface area contributed by atoms with E-state index in [0.717, 1.165) is 24.3 Å². The second-order valence-corrected chi connectivity index (χ2v) is 11.7. The van der Waals surface area contributed by atoms with Crippen molar-refractivity contribution in [1.82, 2.24) is 14.7 Å². The van der Waals surface area contributed by atoms with Gasteiger partial charge in [-0.15, -0.1) is 0 Å². The number of nitrogens with zero attached hydrogens (tertiary/aromatic N) is 3. The normalized spacial score (nSPS) is 16.7. The van der Waals surface area contributed by atoms with Gasteiger partial charge < -0.3 is 24.8 Å². The number of piperazine rings is 1. The highest BCUT2D eigenvalue weighted by molar-refractivity contribution is 7.99. The van der Waals surface area contributed by atoms with Gasteiger partial charge in [0.25, 0.3) is 0 Å². The summed E-state index contributed by atoms with van der Waals surface area (Å²) in [4.78, 5) is 39.6. The van der Waals surface area contributed by atoms with Gasteiger partial charge >= 0.3 is 12.4 Å². The molecule has 3 amide bonds. The number of rotatable bonds is 9. The van der Waals surface area contributed by atoms with Crippen molar-refractivity contribution >= 4 is 41.7 Å². The maximum atomic E-state index is 14.3. The quantitative estimate of drug-likeness (QED) is 0.226. The molecule has 4 rings (SSSR count). The third kappa shape index (κ3) is 8.93. The first-order valence-corrected chi connectivity index (χ1v) is 14.9. The Bertz CT molecular complexity index is 1400. The predicted molar refractivity (Wildman–Crippen MR) is 155 cm³/mol. The summed E-state index contributed by atoms with van der Waals surface area (Å²) in [6.07, 6.45) is -7.27. The van der Waals surface area contributed by atoms with Crippen LogP contribution in [-0.4, -0.2) is 92.0 Å². The Balaban J connectivity index is 1.55. The number of carbonyl (C=O) groups excluding carboxylic acids is 3. The van der Waals surface area contributed by atoms with Gasteiger partial charge in [0.2, 0.25) is 18.2 Å². The fraction of sp³-hybridized carbons (Fsp3) is 0.433. The highest BCUT2D eigenvalue weighted by atomic mass is 32.2. The van der Waals surface area contributed by atoms with Crippen LogP contribution in [0.15, 0.2) is 52.3 Å². The summed E-state index contributed by atoms with van der Waals surface area (Å²) in [7, 11) is 1.44. The molecule has 2 aromatic rings. The molecule has 0 spiro atoms. The number of ether oxygens (including phenoxy) is 1. The lowest BCUT2D eigenvalue weighted by atomic mass is 9.99. The summed E-state index contributed by atoms with van der Waals surface area (Å²) in [5.74, 6) is -0.785. The molecule has 0 unspecified atom stereocenters. The fourth-order valence-corrected chi connectivity index (χ4v) is 6.27. The van der Waals surface area contributed by atoms with Crippen LogP contribution in [0.3, 0.4) is 0 Å². The van der Waals surface area contributed by atoms with Crippen molar-refractivity contribution in [1.29, 1.82) is 0 Å². The molecule has 2 saturated heterocycles. The summed E-state index contributed by atoms with van der Waals surface area (Å²) in [6, 6.07) is 8.27. The van der Waals surface area contributed by atoms with Gasteiger partial charge in [-0.05, 0) is 48.7 Å². The number of anilines is 1. The van der Waals surface area contributed by atoms with E-state index in [1.54, 1.807) is 23.1 Å². The number of piperidine rings is 1. The summed E-state index contributed by atoms with van der Waals surface area (Å²) >= 11 is 0.556. The lowest BCUT2D eigenvalue weighted by Gasteiger charge is -2.32. The molecule has 0 atom stereocenters. The van der Waals surface area contributed by atoms with Gasteiger partial charge in [0.05, 0.1) is 11.1 Å². The lowest BCUT2D eigenvalue weighted by Crippen LogP contribution is -2.47. The largest absolute Gasteiger partial charge is 0.418 e. The Morgan fingerprint density at radius 2 is 1.60 bits per heavy atom. The van der Waals surface area contributed by atoms with Crippen LogP contribution in [0.25, 0.3) is 6.08 Å². The molecule has 2 heterocycles. The molecule has 0 saturated carbocycles. The van der Waals surface area contributed by atoms with Gasteiger partial charge in [0.15, 0.2) is 0 Å². The highest BCUT2D eigenvalue weighted by Crippen LogP contribution is 2.48. The molecule has 2 aromatic carbocycles. The SMILES string of the molecule is COCC(=O)N1CCC(Nc2cccc(Sc3ccc(/C=C/C(=O)N4CCN(C=O)CC4)c(C(F)(F)F)c3C(F)(F)F)c2)CC1. The van der Waals surface area contributed by atoms with Crippen molar-refractivity contribution in [2.24, 2.45) is 0 Å². The zero-order chi connectivity index (χ0) is 32.8. The van der Waals surface area contributed by atoms with Gasteiger partial charge in [-0.2, -0.15) is 26.3 Å². The number of nitrogens with one attached hydrogen (secondary N) is 1. The summed E-state index contributed by atoms with van der Waals surface area (Å²) in [5.41, 5.74) is -3.91. The van der Waals surface area contributed by atoms with E-state index >= 15 is 0 Å². The maximum Gasteiger partial charge on any atom is 0.418 e. The predicted octanol–water partition coefficient (Wildman–Crippen LogP) is 5.24. The molecule has 2 aliphatic rings. The maximum absolute atomic E-state index is 14.3. The third-order valence-electron chi connectivity index (χ3n) is 7.49. The van der Waals surface area contributed by atoms with E-state index in [0.29, 0.717) is 54.7 Å². The zero-order valence-corrected chi connectivity index (χ0v) is 25.1. The van der Waals surface area contributed by atoms with Crippen LogP contribution in [-0.2, 0) is 31.5 Å². The van der Waals surface area contributed by atoms with Crippen LogP contribution < -0.4 is 5.32 Å². The molecule has 0 bridgehead atoms. The van der Waals surface area contributed by atoms with Gasteiger partial charge in [0, 0.05) is 74.0 Å². The van der Waals surface area contributed by atoms with Crippen molar-refractivity contribution in [3.8, 4) is 0 Å². The minimum Gasteiger partial charge on any atom is -0.382 e. The second kappa shape index (κ2) is 14.6. The van der Waals surface area contributed by atoms with Crippen LogP contribution in [0.4, 0.5) is 32.0 Å². The van der Waals surface area contributed by atoms with Crippen LogP contribution in [0.1, 0.15) is 29.5 Å². The number of hydrogen-bond acceptors (Lipinski definition) is 6. The van der Waals surface area contributed by atoms with Gasteiger partial charge in [-0.1, -0.05) is 23.9 Å². The van der Waals surface area contributed by atoms with Crippen LogP contribution in [0.2, 0.25) is 0 Å². The van der Waals surface area contributed by atoms with E-state index in [2.05, 4.69) is 5.32 Å². The van der Waals surface area contributed by atoms with Gasteiger partial charge in [-0.3, -0.25) is 14.4 Å². The van der Waals surface area contributed by atoms with Gasteiger partial charge in [0.1, 0.15) is 6.61 Å². The number of benzene rings is 2. The third-order valence-corrected chi connectivity index (χ3v) is 8.54. The van der Waals surface area contributed by atoms with Gasteiger partial charge in [-0.25, -0.2) is 0 Å². The molecular formula is C30H32F6N4O4S. The molecule has 0 radical (unpaired) electrons. The monoisotopic (exact) mass is 658 g/mol. The summed E-state index contributed by atoms with van der Waals surface area (Å²) < 4.78 is 90.6. The standard InChI is InChI=1S/C30H32F6N4O4S/c1-44-18-26(43)39-11-9-21(10-12-39)37-22-3-2-4-23(17-22)45-24-7-5-20(27(29(31,32)33)28(24)30(34,35)36)6-8-25(42)40-15-13-38(19-41)14-16-40/h2-8,17,19,21,37H,9-16,18H2,1H3/b8-6+. The van der Waals surface area contributed by atoms with E-state index in [-0.39, 0.29) is 44.7 Å². The van der Waals surface area contributed by atoms with Crippen molar-refractivity contribution in [3.05, 3.63) is 59.2 Å². The van der Waals surface area contributed by atoms with Crippen LogP contribution in [0, 0.1) is 0 Å². The van der Waals surface area contributed by atoms with E-state index in [4.69, 9.17) is 4.74 Å². The Morgan fingerprint density at radius 1 is 0.933 bits per heavy atom. The Morgan fingerprint density at radius 3 is 2.20 bits per heavy atom. The highest BCUT2D eigenvalue weighted by Gasteiger charge is 2.46. The van der Waals surface area contributed by atoms with E-state index in [1.807, 2.05) is 0 Å². The molecule has 45 heavy (non-hydrogen) atoms. The average molecular weight is 659 g/mol. The minimum atomic E-state index is -5.37.